The highest BCUT2D eigenvalue weighted by Gasteiger charge is 2.21. The number of nitrogens with zero attached hydrogens (tertiary/aromatic N) is 4. The molecule has 52 heavy (non-hydrogen) atoms. The van der Waals surface area contributed by atoms with Gasteiger partial charge in [-0.3, -0.25) is 0 Å². The second-order valence-electron chi connectivity index (χ2n) is 11.8. The summed E-state index contributed by atoms with van der Waals surface area (Å²) in [6.45, 7) is 0. The van der Waals surface area contributed by atoms with Crippen LogP contribution in [0.25, 0.3) is 105 Å². The molecule has 11 aromatic rings. The van der Waals surface area contributed by atoms with Crippen molar-refractivity contribution in [2.45, 2.75) is 0 Å². The first-order valence-electron chi connectivity index (χ1n) is 25.0. The largest absolute Gasteiger partial charge is 0.456 e. The summed E-state index contributed by atoms with van der Waals surface area (Å²) in [6, 6.07) is 4.81. The van der Waals surface area contributed by atoms with Crippen molar-refractivity contribution in [2.75, 3.05) is 0 Å². The predicted molar refractivity (Wildman–Crippen MR) is 213 cm³/mol. The van der Waals surface area contributed by atoms with Crippen molar-refractivity contribution in [3.05, 3.63) is 169 Å². The molecular formula is C47H28N4O. The maximum Gasteiger partial charge on any atom is 0.164 e. The SMILES string of the molecule is [2H]c1c([2H])c(-c2nc(-c3ccccc3)nc(-c3ccccc3)n2)c2c(oc3c([2H])c(-n4c5c([2H])c([2H])c6c([2H])c([2H])c([2H])c([2H])c6c5c5c6c([2H])c([2H])c([2H])c([2H])c6c([2H])c([2H])c54)c([2H])c([2H])c32)c1[2H]. The predicted octanol–water partition coefficient (Wildman–Crippen LogP) is 12.2. The average Bonchev–Trinajstić information content (AvgIpc) is 3.93. The summed E-state index contributed by atoms with van der Waals surface area (Å²) in [7, 11) is 0. The highest BCUT2D eigenvalue weighted by atomic mass is 16.3. The third-order valence-corrected chi connectivity index (χ3v) is 8.86. The molecule has 0 unspecified atom stereocenters. The van der Waals surface area contributed by atoms with Crippen LogP contribution in [-0.4, -0.2) is 19.5 Å². The maximum absolute atomic E-state index is 9.86. The molecular weight excluding hydrogens is 637 g/mol. The number of furan rings is 1. The summed E-state index contributed by atoms with van der Waals surface area (Å²) in [6.07, 6.45) is 0. The van der Waals surface area contributed by atoms with Crippen LogP contribution in [0.3, 0.4) is 0 Å². The first-order chi connectivity index (χ1) is 33.3. The van der Waals surface area contributed by atoms with Crippen LogP contribution >= 0.6 is 0 Å². The van der Waals surface area contributed by atoms with E-state index >= 15 is 0 Å². The van der Waals surface area contributed by atoms with Crippen LogP contribution in [0.1, 0.15) is 24.7 Å². The molecule has 11 rings (SSSR count). The van der Waals surface area contributed by atoms with Crippen molar-refractivity contribution in [1.82, 2.24) is 19.5 Å². The van der Waals surface area contributed by atoms with Gasteiger partial charge in [-0.2, -0.15) is 0 Å². The van der Waals surface area contributed by atoms with E-state index < -0.39 is 142 Å². The van der Waals surface area contributed by atoms with Crippen molar-refractivity contribution in [1.29, 1.82) is 0 Å². The molecule has 0 N–H and O–H groups in total. The number of hydrogen-bond donors (Lipinski definition) is 0. The normalized spacial score (nSPS) is 16.7. The van der Waals surface area contributed by atoms with E-state index in [4.69, 9.17) is 33.1 Å². The molecule has 5 nitrogen and oxygen atoms in total. The molecule has 242 valence electrons. The Hall–Kier alpha value is -7.11. The van der Waals surface area contributed by atoms with Crippen molar-refractivity contribution >= 4 is 65.3 Å². The third-order valence-electron chi connectivity index (χ3n) is 8.86. The summed E-state index contributed by atoms with van der Waals surface area (Å²) < 4.78 is 171. The minimum absolute atomic E-state index is 0.167. The second kappa shape index (κ2) is 11.2. The molecule has 0 amide bonds. The Labute approximate surface area is 323 Å². The van der Waals surface area contributed by atoms with Crippen molar-refractivity contribution in [3.63, 3.8) is 0 Å². The summed E-state index contributed by atoms with van der Waals surface area (Å²) in [5, 5.41) is -2.74. The summed E-state index contributed by atoms with van der Waals surface area (Å²) in [5.74, 6) is 0.172. The zero-order chi connectivity index (χ0) is 49.8. The van der Waals surface area contributed by atoms with Crippen LogP contribution in [-0.2, 0) is 0 Å². The lowest BCUT2D eigenvalue weighted by atomic mass is 10.00. The summed E-state index contributed by atoms with van der Waals surface area (Å²) >= 11 is 0. The van der Waals surface area contributed by atoms with Crippen LogP contribution in [0.4, 0.5) is 0 Å². The zero-order valence-corrected chi connectivity index (χ0v) is 26.5. The van der Waals surface area contributed by atoms with E-state index in [0.29, 0.717) is 11.1 Å². The van der Waals surface area contributed by atoms with Crippen molar-refractivity contribution < 1.29 is 29.1 Å². The topological polar surface area (TPSA) is 56.7 Å². The number of benzene rings is 8. The van der Waals surface area contributed by atoms with E-state index in [9.17, 15) is 11.0 Å². The molecule has 0 radical (unpaired) electrons. The fourth-order valence-corrected chi connectivity index (χ4v) is 6.59. The Morgan fingerprint density at radius 3 is 1.65 bits per heavy atom. The molecule has 0 aliphatic heterocycles. The second-order valence-corrected chi connectivity index (χ2v) is 11.8. The molecule has 0 saturated carbocycles. The van der Waals surface area contributed by atoms with Gasteiger partial charge in [-0.25, -0.2) is 15.0 Å². The van der Waals surface area contributed by atoms with Crippen LogP contribution in [0.2, 0.25) is 0 Å². The number of rotatable bonds is 4. The van der Waals surface area contributed by atoms with Crippen LogP contribution < -0.4 is 0 Å². The highest BCUT2D eigenvalue weighted by molar-refractivity contribution is 6.28. The molecule has 3 heterocycles. The van der Waals surface area contributed by atoms with E-state index in [0.717, 1.165) is 4.57 Å². The Bertz CT molecular complexity index is 4030. The standard InChI is InChI=1S/C47H28N4O/c1-3-14-31(15-4-1)45-48-46(32-16-5-2-6-17-32)50-47(49-45)37-20-11-21-40-42(37)36-25-24-33(28-41(36)52-40)51-38-26-22-29-12-7-9-18-34(29)43(38)44-35-19-10-8-13-30(35)23-27-39(44)51/h1-28H/i7D,8D,9D,10D,11D,12D,13D,18D,19D,20D,21D,22D,23D,24D,25D,26D,27D,28D. The summed E-state index contributed by atoms with van der Waals surface area (Å²) in [5.41, 5.74) is -1.47. The molecule has 0 aliphatic carbocycles. The van der Waals surface area contributed by atoms with Gasteiger partial charge in [0.15, 0.2) is 17.5 Å². The van der Waals surface area contributed by atoms with Crippen LogP contribution in [0, 0.1) is 0 Å². The Balaban J connectivity index is 1.35. The van der Waals surface area contributed by atoms with Gasteiger partial charge in [-0.15, -0.1) is 0 Å². The van der Waals surface area contributed by atoms with Gasteiger partial charge in [0, 0.05) is 50.0 Å². The summed E-state index contributed by atoms with van der Waals surface area (Å²) in [4.78, 5) is 14.2. The maximum atomic E-state index is 9.86. The highest BCUT2D eigenvalue weighted by Crippen LogP contribution is 2.42. The Morgan fingerprint density at radius 1 is 0.462 bits per heavy atom. The van der Waals surface area contributed by atoms with E-state index in [2.05, 4.69) is 0 Å². The molecule has 0 bridgehead atoms. The fraction of sp³-hybridized carbons (Fsp3) is 0. The number of fused-ring (bicyclic) bond motifs is 10. The molecule has 0 atom stereocenters. The molecule has 5 heteroatoms. The smallest absolute Gasteiger partial charge is 0.164 e. The van der Waals surface area contributed by atoms with Crippen molar-refractivity contribution in [2.24, 2.45) is 0 Å². The van der Waals surface area contributed by atoms with Gasteiger partial charge in [-0.1, -0.05) is 133 Å². The molecule has 0 aliphatic rings. The first-order valence-corrected chi connectivity index (χ1v) is 16.0. The van der Waals surface area contributed by atoms with E-state index in [1.54, 1.807) is 60.7 Å². The molecule has 0 spiro atoms. The minimum atomic E-state index is -0.800. The van der Waals surface area contributed by atoms with Crippen molar-refractivity contribution in [3.8, 4) is 39.9 Å². The van der Waals surface area contributed by atoms with Gasteiger partial charge < -0.3 is 8.98 Å². The van der Waals surface area contributed by atoms with Crippen LogP contribution in [0.5, 0.6) is 0 Å². The lowest BCUT2D eigenvalue weighted by Crippen LogP contribution is -2.00. The minimum Gasteiger partial charge on any atom is -0.456 e. The number of aromatic nitrogens is 4. The van der Waals surface area contributed by atoms with Crippen LogP contribution in [0.15, 0.2) is 174 Å². The first kappa shape index (κ1) is 16.3. The molecule has 0 saturated heterocycles. The van der Waals surface area contributed by atoms with Gasteiger partial charge in [0.25, 0.3) is 0 Å². The number of hydrogen-bond acceptors (Lipinski definition) is 4. The van der Waals surface area contributed by atoms with E-state index in [1.165, 1.54) is 0 Å². The molecule has 8 aromatic carbocycles. The van der Waals surface area contributed by atoms with Gasteiger partial charge in [0.05, 0.1) is 35.7 Å². The fourth-order valence-electron chi connectivity index (χ4n) is 6.59. The van der Waals surface area contributed by atoms with E-state index in [1.807, 2.05) is 0 Å². The van der Waals surface area contributed by atoms with Gasteiger partial charge in [0.1, 0.15) is 11.2 Å². The monoisotopic (exact) mass is 682 g/mol. The van der Waals surface area contributed by atoms with Gasteiger partial charge >= 0.3 is 0 Å². The lowest BCUT2D eigenvalue weighted by molar-refractivity contribution is 0.668. The Kier molecular flexibility index (Phi) is 3.51. The molecule has 0 fully saturated rings. The van der Waals surface area contributed by atoms with E-state index in [-0.39, 0.29) is 60.9 Å². The Morgan fingerprint density at radius 2 is 1.04 bits per heavy atom. The quantitative estimate of drug-likeness (QED) is 0.185. The van der Waals surface area contributed by atoms with Gasteiger partial charge in [-0.05, 0) is 51.8 Å². The van der Waals surface area contributed by atoms with Gasteiger partial charge in [0.2, 0.25) is 0 Å². The molecule has 3 aromatic heterocycles. The lowest BCUT2D eigenvalue weighted by Gasteiger charge is -2.10. The average molecular weight is 683 g/mol. The third kappa shape index (κ3) is 4.33. The zero-order valence-electron chi connectivity index (χ0n) is 44.5.